The maximum atomic E-state index is 13.8. The minimum absolute atomic E-state index is 0.0320. The van der Waals surface area contributed by atoms with Crippen molar-refractivity contribution in [1.29, 1.82) is 0 Å². The number of fused-ring (bicyclic) bond motifs is 3. The van der Waals surface area contributed by atoms with E-state index in [9.17, 15) is 13.2 Å². The van der Waals surface area contributed by atoms with Gasteiger partial charge in [-0.3, -0.25) is 9.69 Å². The van der Waals surface area contributed by atoms with Crippen LogP contribution in [0.25, 0.3) is 11.0 Å². The molecule has 3 aliphatic rings. The number of likely N-dealkylation sites (tertiary alicyclic amines) is 1. The van der Waals surface area contributed by atoms with Crippen molar-refractivity contribution in [3.05, 3.63) is 95.8 Å². The molecule has 4 aromatic rings. The summed E-state index contributed by atoms with van der Waals surface area (Å²) in [7, 11) is -1.18. The maximum Gasteiger partial charge on any atom is 0.384 e. The molecule has 2 bridgehead atoms. The van der Waals surface area contributed by atoms with Crippen molar-refractivity contribution in [2.75, 3.05) is 33.7 Å². The van der Waals surface area contributed by atoms with Crippen molar-refractivity contribution in [2.45, 2.75) is 75.4 Å². The van der Waals surface area contributed by atoms with E-state index in [2.05, 4.69) is 71.0 Å². The van der Waals surface area contributed by atoms with Gasteiger partial charge in [0.1, 0.15) is 5.82 Å². The summed E-state index contributed by atoms with van der Waals surface area (Å²) in [5.74, 6) is 0.976. The summed E-state index contributed by atoms with van der Waals surface area (Å²) >= 11 is 0. The topological polar surface area (TPSA) is 88.0 Å². The number of aromatic nitrogens is 2. The average Bonchev–Trinajstić information content (AvgIpc) is 3.54. The van der Waals surface area contributed by atoms with Crippen molar-refractivity contribution in [2.24, 2.45) is 0 Å². The number of piperidine rings is 2. The van der Waals surface area contributed by atoms with Crippen LogP contribution >= 0.6 is 0 Å². The van der Waals surface area contributed by atoms with Crippen LogP contribution in [-0.4, -0.2) is 83.8 Å². The summed E-state index contributed by atoms with van der Waals surface area (Å²) < 4.78 is 33.8. The van der Waals surface area contributed by atoms with Gasteiger partial charge in [0, 0.05) is 45.3 Å². The number of carbonyl (C=O) groups excluding carboxylic acids is 1. The second-order valence-electron chi connectivity index (χ2n) is 13.8. The summed E-state index contributed by atoms with van der Waals surface area (Å²) in [5, 5.41) is 0. The molecule has 0 saturated carbocycles. The monoisotopic (exact) mass is 655 g/mol. The highest BCUT2D eigenvalue weighted by atomic mass is 32.2. The molecular weight excluding hydrogens is 611 g/mol. The number of hydrogen-bond donors (Lipinski definition) is 0. The number of para-hydroxylation sites is 3. The predicted molar refractivity (Wildman–Crippen MR) is 184 cm³/mol. The van der Waals surface area contributed by atoms with E-state index < -0.39 is 10.3 Å². The predicted octanol–water partition coefficient (Wildman–Crippen LogP) is 5.96. The van der Waals surface area contributed by atoms with Gasteiger partial charge in [-0.05, 0) is 93.7 Å². The van der Waals surface area contributed by atoms with E-state index in [0.717, 1.165) is 54.3 Å². The second-order valence-corrected chi connectivity index (χ2v) is 15.5. The lowest BCUT2D eigenvalue weighted by atomic mass is 9.70. The lowest BCUT2D eigenvalue weighted by Gasteiger charge is -2.45. The van der Waals surface area contributed by atoms with Crippen molar-refractivity contribution in [1.82, 2.24) is 23.7 Å². The van der Waals surface area contributed by atoms with Crippen LogP contribution in [0.3, 0.4) is 0 Å². The first-order valence-corrected chi connectivity index (χ1v) is 18.3. The van der Waals surface area contributed by atoms with Gasteiger partial charge in [0.25, 0.3) is 5.91 Å². The van der Waals surface area contributed by atoms with Crippen LogP contribution in [0.4, 0.5) is 0 Å². The van der Waals surface area contributed by atoms with E-state index in [1.165, 1.54) is 38.0 Å². The normalized spacial score (nSPS) is 23.0. The van der Waals surface area contributed by atoms with Crippen molar-refractivity contribution >= 4 is 27.2 Å². The van der Waals surface area contributed by atoms with Gasteiger partial charge in [-0.25, -0.2) is 4.98 Å². The first kappa shape index (κ1) is 31.8. The largest absolute Gasteiger partial charge is 0.384 e. The van der Waals surface area contributed by atoms with Crippen molar-refractivity contribution in [3.63, 3.8) is 0 Å². The Morgan fingerprint density at radius 1 is 0.894 bits per heavy atom. The van der Waals surface area contributed by atoms with E-state index in [0.29, 0.717) is 31.2 Å². The van der Waals surface area contributed by atoms with Crippen LogP contribution in [0.5, 0.6) is 5.75 Å². The van der Waals surface area contributed by atoms with Crippen molar-refractivity contribution < 1.29 is 17.4 Å². The van der Waals surface area contributed by atoms with Crippen LogP contribution in [-0.2, 0) is 15.7 Å². The molecule has 7 rings (SSSR count). The summed E-state index contributed by atoms with van der Waals surface area (Å²) in [6, 6.07) is 27.6. The zero-order valence-electron chi connectivity index (χ0n) is 27.6. The Labute approximate surface area is 278 Å². The van der Waals surface area contributed by atoms with Gasteiger partial charge in [-0.1, -0.05) is 54.6 Å². The highest BCUT2D eigenvalue weighted by molar-refractivity contribution is 7.84. The molecule has 1 amide bonds. The lowest BCUT2D eigenvalue weighted by molar-refractivity contribution is 0.0605. The van der Waals surface area contributed by atoms with E-state index in [1.807, 2.05) is 4.90 Å². The molecule has 3 saturated heterocycles. The van der Waals surface area contributed by atoms with E-state index in [4.69, 9.17) is 9.17 Å². The third-order valence-corrected chi connectivity index (χ3v) is 12.3. The Morgan fingerprint density at radius 2 is 1.53 bits per heavy atom. The smallest absolute Gasteiger partial charge is 0.370 e. The Morgan fingerprint density at radius 3 is 2.23 bits per heavy atom. The van der Waals surface area contributed by atoms with Gasteiger partial charge < -0.3 is 13.7 Å². The molecule has 10 heteroatoms. The maximum absolute atomic E-state index is 13.8. The Balaban J connectivity index is 1.06. The molecule has 3 aliphatic heterocycles. The third kappa shape index (κ3) is 6.07. The van der Waals surface area contributed by atoms with Crippen molar-refractivity contribution in [3.8, 4) is 5.75 Å². The first-order chi connectivity index (χ1) is 22.6. The summed E-state index contributed by atoms with van der Waals surface area (Å²) in [4.78, 5) is 23.3. The molecule has 0 radical (unpaired) electrons. The fourth-order valence-corrected chi connectivity index (χ4v) is 9.00. The molecule has 3 fully saturated rings. The molecule has 47 heavy (non-hydrogen) atoms. The standard InChI is InChI=1S/C37H45N5O4S/c1-27-38-33-14-8-9-15-34(33)42(27)31-25-29-17-18-30(26-31)41(29)24-21-37(28-11-5-4-6-12-28)19-22-40(23-20-37)36(43)32-13-7-10-16-35(32)46-47(44,45)39(2)3/h4-16,29-31H,17-26H2,1-3H3/t29-,30+,31?. The Kier molecular flexibility index (Phi) is 8.61. The summed E-state index contributed by atoms with van der Waals surface area (Å²) in [5.41, 5.74) is 3.92. The molecule has 1 aromatic heterocycles. The molecule has 3 aromatic carbocycles. The van der Waals surface area contributed by atoms with Crippen LogP contribution < -0.4 is 4.18 Å². The number of amides is 1. The molecule has 4 heterocycles. The van der Waals surface area contributed by atoms with Gasteiger partial charge in [0.2, 0.25) is 0 Å². The second kappa shape index (κ2) is 12.7. The summed E-state index contributed by atoms with van der Waals surface area (Å²) in [6.07, 6.45) is 7.57. The average molecular weight is 656 g/mol. The summed E-state index contributed by atoms with van der Waals surface area (Å²) in [6.45, 7) is 4.40. The lowest BCUT2D eigenvalue weighted by Crippen LogP contribution is -2.49. The molecule has 3 atom stereocenters. The van der Waals surface area contributed by atoms with E-state index >= 15 is 0 Å². The quantitative estimate of drug-likeness (QED) is 0.221. The fourth-order valence-electron chi connectivity index (χ4n) is 8.48. The van der Waals surface area contributed by atoms with Crippen LogP contribution in [0.15, 0.2) is 78.9 Å². The number of imidazole rings is 1. The number of carbonyl (C=O) groups is 1. The molecule has 248 valence electrons. The van der Waals surface area contributed by atoms with Crippen LogP contribution in [0, 0.1) is 6.92 Å². The third-order valence-electron chi connectivity index (χ3n) is 11.0. The SMILES string of the molecule is Cc1nc2ccccc2n1C1C[C@H]2CC[C@@H](C1)N2CCC1(c2ccccc2)CCN(C(=O)c2ccccc2OS(=O)(=O)N(C)C)CC1. The molecule has 0 N–H and O–H groups in total. The molecule has 0 aliphatic carbocycles. The van der Waals surface area contributed by atoms with Crippen LogP contribution in [0.2, 0.25) is 0 Å². The van der Waals surface area contributed by atoms with E-state index in [1.54, 1.807) is 24.3 Å². The zero-order chi connectivity index (χ0) is 32.8. The molecule has 9 nitrogen and oxygen atoms in total. The van der Waals surface area contributed by atoms with Gasteiger partial charge in [-0.15, -0.1) is 0 Å². The molecule has 0 spiro atoms. The first-order valence-electron chi connectivity index (χ1n) is 16.9. The zero-order valence-corrected chi connectivity index (χ0v) is 28.4. The minimum Gasteiger partial charge on any atom is -0.370 e. The fraction of sp³-hybridized carbons (Fsp3) is 0.459. The van der Waals surface area contributed by atoms with Crippen LogP contribution in [0.1, 0.15) is 72.7 Å². The number of hydrogen-bond acceptors (Lipinski definition) is 6. The van der Waals surface area contributed by atoms with Gasteiger partial charge in [0.15, 0.2) is 5.75 Å². The number of rotatable bonds is 9. The van der Waals surface area contributed by atoms with Gasteiger partial charge in [0.05, 0.1) is 16.6 Å². The minimum atomic E-state index is -3.99. The van der Waals surface area contributed by atoms with Gasteiger partial charge >= 0.3 is 10.3 Å². The molecule has 1 unspecified atom stereocenters. The number of aryl methyl sites for hydroxylation is 1. The highest BCUT2D eigenvalue weighted by Crippen LogP contribution is 2.45. The van der Waals surface area contributed by atoms with E-state index in [-0.39, 0.29) is 22.6 Å². The number of benzene rings is 3. The van der Waals surface area contributed by atoms with Gasteiger partial charge in [-0.2, -0.15) is 12.7 Å². The highest BCUT2D eigenvalue weighted by Gasteiger charge is 2.44. The molecular formula is C37H45N5O4S. The Bertz CT molecular complexity index is 1830. The Hall–Kier alpha value is -3.73. The number of nitrogens with zero attached hydrogens (tertiary/aromatic N) is 5.